The van der Waals surface area contributed by atoms with Gasteiger partial charge in [0.1, 0.15) is 17.3 Å². The smallest absolute Gasteiger partial charge is 0.196 e. The average molecular weight is 315 g/mol. The molecule has 0 aromatic rings. The second-order valence-corrected chi connectivity index (χ2v) is 7.65. The third kappa shape index (κ3) is 1.43. The summed E-state index contributed by atoms with van der Waals surface area (Å²) in [6, 6.07) is 0.327. The van der Waals surface area contributed by atoms with Gasteiger partial charge in [0.2, 0.25) is 0 Å². The monoisotopic (exact) mass is 315 g/mol. The van der Waals surface area contributed by atoms with Crippen molar-refractivity contribution >= 4 is 11.6 Å². The lowest BCUT2D eigenvalue weighted by molar-refractivity contribution is -0.149. The SMILES string of the molecule is COC1=C2O[C@H]3C(=O)C=C[C@H]4[C@H]5CC(C(=O)C1)C2[C@@]34CCN5C. The summed E-state index contributed by atoms with van der Waals surface area (Å²) in [7, 11) is 3.73. The lowest BCUT2D eigenvalue weighted by Crippen LogP contribution is -2.65. The van der Waals surface area contributed by atoms with E-state index >= 15 is 0 Å². The molecule has 122 valence electrons. The molecule has 5 aliphatic rings. The molecule has 0 N–H and O–H groups in total. The first-order chi connectivity index (χ1) is 11.1. The number of carbonyl (C=O) groups excluding carboxylic acids is 2. The number of likely N-dealkylation sites (tertiary alicyclic amines) is 1. The van der Waals surface area contributed by atoms with Gasteiger partial charge in [-0.25, -0.2) is 0 Å². The second-order valence-electron chi connectivity index (χ2n) is 7.65. The molecular weight excluding hydrogens is 294 g/mol. The predicted molar refractivity (Wildman–Crippen MR) is 81.2 cm³/mol. The summed E-state index contributed by atoms with van der Waals surface area (Å²) < 4.78 is 11.7. The highest BCUT2D eigenvalue weighted by molar-refractivity contribution is 5.97. The molecule has 3 fully saturated rings. The standard InChI is InChI=1S/C18H21NO4/c1-19-6-5-18-10-3-4-12(20)17(18)23-16-14(22-2)8-13(21)9(15(16)18)7-11(10)19/h3-4,9-11,15,17H,5-8H2,1-2H3/t9?,10-,11+,15?,17-,18-/m0/s1. The van der Waals surface area contributed by atoms with E-state index in [1.807, 2.05) is 0 Å². The lowest BCUT2D eigenvalue weighted by atomic mass is 9.47. The van der Waals surface area contributed by atoms with Crippen molar-refractivity contribution in [3.63, 3.8) is 0 Å². The number of hydrogen-bond acceptors (Lipinski definition) is 5. The van der Waals surface area contributed by atoms with Gasteiger partial charge in [-0.05, 0) is 32.5 Å². The number of Topliss-reactive ketones (excluding diaryl/α,β-unsaturated/α-hetero) is 1. The molecule has 5 heteroatoms. The molecular formula is C18H21NO4. The molecule has 6 atom stereocenters. The number of hydrogen-bond donors (Lipinski definition) is 0. The highest BCUT2D eigenvalue weighted by Gasteiger charge is 2.71. The first-order valence-electron chi connectivity index (χ1n) is 8.46. The number of ether oxygens (including phenoxy) is 2. The number of nitrogens with zero attached hydrogens (tertiary/aromatic N) is 1. The Bertz CT molecular complexity index is 681. The number of methoxy groups -OCH3 is 1. The topological polar surface area (TPSA) is 55.8 Å². The van der Waals surface area contributed by atoms with E-state index in [9.17, 15) is 9.59 Å². The van der Waals surface area contributed by atoms with Gasteiger partial charge in [-0.3, -0.25) is 9.59 Å². The normalized spacial score (nSPS) is 47.5. The molecule has 2 bridgehead atoms. The molecule has 0 radical (unpaired) electrons. The van der Waals surface area contributed by atoms with Crippen molar-refractivity contribution in [2.24, 2.45) is 23.2 Å². The van der Waals surface area contributed by atoms with Crippen molar-refractivity contribution in [1.82, 2.24) is 4.90 Å². The van der Waals surface area contributed by atoms with Crippen LogP contribution in [0.4, 0.5) is 0 Å². The first-order valence-corrected chi connectivity index (χ1v) is 8.46. The zero-order chi connectivity index (χ0) is 15.9. The number of ketones is 2. The fourth-order valence-corrected chi connectivity index (χ4v) is 6.02. The minimum absolute atomic E-state index is 0.0209. The van der Waals surface area contributed by atoms with Crippen LogP contribution in [0.1, 0.15) is 19.3 Å². The van der Waals surface area contributed by atoms with E-state index in [4.69, 9.17) is 9.47 Å². The summed E-state index contributed by atoms with van der Waals surface area (Å²) in [5.74, 6) is 2.02. The molecule has 0 aromatic carbocycles. The molecule has 2 heterocycles. The quantitative estimate of drug-likeness (QED) is 0.730. The highest BCUT2D eigenvalue weighted by Crippen LogP contribution is 2.66. The van der Waals surface area contributed by atoms with E-state index in [0.29, 0.717) is 18.2 Å². The van der Waals surface area contributed by atoms with Gasteiger partial charge in [-0.2, -0.15) is 0 Å². The van der Waals surface area contributed by atoms with Crippen LogP contribution in [0.25, 0.3) is 0 Å². The Balaban J connectivity index is 1.76. The van der Waals surface area contributed by atoms with Crippen molar-refractivity contribution in [3.8, 4) is 0 Å². The van der Waals surface area contributed by atoms with Crippen molar-refractivity contribution < 1.29 is 19.1 Å². The molecule has 0 amide bonds. The molecule has 0 aromatic heterocycles. The molecule has 2 aliphatic heterocycles. The second kappa shape index (κ2) is 4.26. The minimum atomic E-state index is -0.437. The zero-order valence-corrected chi connectivity index (χ0v) is 13.5. The van der Waals surface area contributed by atoms with E-state index < -0.39 is 6.10 Å². The molecule has 1 saturated carbocycles. The lowest BCUT2D eigenvalue weighted by Gasteiger charge is -2.59. The summed E-state index contributed by atoms with van der Waals surface area (Å²) >= 11 is 0. The Hall–Kier alpha value is -1.62. The molecule has 23 heavy (non-hydrogen) atoms. The van der Waals surface area contributed by atoms with Crippen molar-refractivity contribution in [3.05, 3.63) is 23.7 Å². The fraction of sp³-hybridized carbons (Fsp3) is 0.667. The van der Waals surface area contributed by atoms with Crippen LogP contribution in [0.2, 0.25) is 0 Å². The number of piperidine rings is 1. The van der Waals surface area contributed by atoms with Crippen LogP contribution in [0.3, 0.4) is 0 Å². The summed E-state index contributed by atoms with van der Waals surface area (Å²) in [6.07, 6.45) is 5.42. The third-order valence-electron chi connectivity index (χ3n) is 6.99. The molecule has 1 spiro atoms. The van der Waals surface area contributed by atoms with Crippen molar-refractivity contribution in [2.45, 2.75) is 31.4 Å². The first kappa shape index (κ1) is 13.8. The minimum Gasteiger partial charge on any atom is -0.497 e. The average Bonchev–Trinajstić information content (AvgIpc) is 2.89. The summed E-state index contributed by atoms with van der Waals surface area (Å²) in [4.78, 5) is 27.7. The maximum absolute atomic E-state index is 12.8. The number of allylic oxidation sites excluding steroid dienone is 2. The Morgan fingerprint density at radius 3 is 3.00 bits per heavy atom. The summed E-state index contributed by atoms with van der Waals surface area (Å²) in [5, 5.41) is 0. The van der Waals surface area contributed by atoms with E-state index in [2.05, 4.69) is 18.0 Å². The van der Waals surface area contributed by atoms with Crippen molar-refractivity contribution in [2.75, 3.05) is 20.7 Å². The van der Waals surface area contributed by atoms with Gasteiger partial charge in [0.05, 0.1) is 13.5 Å². The van der Waals surface area contributed by atoms with Gasteiger partial charge >= 0.3 is 0 Å². The van der Waals surface area contributed by atoms with E-state index in [1.165, 1.54) is 0 Å². The van der Waals surface area contributed by atoms with E-state index in [0.717, 1.165) is 25.1 Å². The Morgan fingerprint density at radius 1 is 1.39 bits per heavy atom. The Kier molecular flexibility index (Phi) is 2.55. The van der Waals surface area contributed by atoms with E-state index in [-0.39, 0.29) is 34.7 Å². The van der Waals surface area contributed by atoms with Gasteiger partial charge in [0.15, 0.2) is 11.9 Å². The van der Waals surface area contributed by atoms with Gasteiger partial charge < -0.3 is 14.4 Å². The molecule has 5 rings (SSSR count). The third-order valence-corrected chi connectivity index (χ3v) is 6.99. The highest BCUT2D eigenvalue weighted by atomic mass is 16.5. The Labute approximate surface area is 135 Å². The molecule has 2 unspecified atom stereocenters. The Morgan fingerprint density at radius 2 is 2.22 bits per heavy atom. The van der Waals surface area contributed by atoms with Gasteiger partial charge in [-0.1, -0.05) is 6.08 Å². The fourth-order valence-electron chi connectivity index (χ4n) is 6.02. The molecule has 5 nitrogen and oxygen atoms in total. The zero-order valence-electron chi connectivity index (χ0n) is 13.5. The van der Waals surface area contributed by atoms with Crippen LogP contribution < -0.4 is 0 Å². The van der Waals surface area contributed by atoms with Crippen LogP contribution in [0, 0.1) is 23.2 Å². The maximum atomic E-state index is 12.8. The van der Waals surface area contributed by atoms with Crippen molar-refractivity contribution in [1.29, 1.82) is 0 Å². The van der Waals surface area contributed by atoms with Gasteiger partial charge in [0.25, 0.3) is 0 Å². The van der Waals surface area contributed by atoms with Crippen LogP contribution >= 0.6 is 0 Å². The predicted octanol–water partition coefficient (Wildman–Crippen LogP) is 1.30. The number of rotatable bonds is 1. The summed E-state index contributed by atoms with van der Waals surface area (Å²) in [6.45, 7) is 0.954. The van der Waals surface area contributed by atoms with E-state index in [1.54, 1.807) is 13.2 Å². The van der Waals surface area contributed by atoms with Gasteiger partial charge in [-0.15, -0.1) is 0 Å². The van der Waals surface area contributed by atoms with Gasteiger partial charge in [0, 0.05) is 29.2 Å². The molecule has 2 saturated heterocycles. The van der Waals surface area contributed by atoms with Crippen LogP contribution in [-0.4, -0.2) is 49.3 Å². The van der Waals surface area contributed by atoms with Crippen LogP contribution in [-0.2, 0) is 19.1 Å². The maximum Gasteiger partial charge on any atom is 0.196 e. The number of carbonyl (C=O) groups is 2. The van der Waals surface area contributed by atoms with Crippen LogP contribution in [0.15, 0.2) is 23.7 Å². The summed E-state index contributed by atoms with van der Waals surface area (Å²) in [5.41, 5.74) is -0.249. The van der Waals surface area contributed by atoms with Crippen LogP contribution in [0.5, 0.6) is 0 Å². The molecule has 3 aliphatic carbocycles. The largest absolute Gasteiger partial charge is 0.497 e.